The van der Waals surface area contributed by atoms with Crippen LogP contribution in [0.5, 0.6) is 0 Å². The molecule has 0 heterocycles. The fourth-order valence-electron chi connectivity index (χ4n) is 1.78. The fourth-order valence-corrected chi connectivity index (χ4v) is 2.54. The molecule has 0 aliphatic heterocycles. The smallest absolute Gasteiger partial charge is 0.234 e. The first-order valence-corrected chi connectivity index (χ1v) is 7.59. The highest BCUT2D eigenvalue weighted by Crippen LogP contribution is 2.23. The zero-order valence-electron chi connectivity index (χ0n) is 11.4. The third-order valence-corrected chi connectivity index (χ3v) is 4.49. The second-order valence-electron chi connectivity index (χ2n) is 4.52. The molecule has 20 heavy (non-hydrogen) atoms. The van der Waals surface area contributed by atoms with E-state index in [-0.39, 0.29) is 5.91 Å². The molecule has 1 N–H and O–H groups in total. The topological polar surface area (TPSA) is 32.3 Å². The highest BCUT2D eigenvalue weighted by molar-refractivity contribution is 8.23. The van der Waals surface area contributed by atoms with Crippen LogP contribution in [0.2, 0.25) is 0 Å². The predicted octanol–water partition coefficient (Wildman–Crippen LogP) is 3.36. The van der Waals surface area contributed by atoms with E-state index < -0.39 is 0 Å². The molecule has 0 fully saturated rings. The predicted molar refractivity (Wildman–Crippen MR) is 91.3 cm³/mol. The largest absolute Gasteiger partial charge is 0.364 e. The summed E-state index contributed by atoms with van der Waals surface area (Å²) in [5, 5.41) is 5.10. The molecule has 1 amide bonds. The Bertz CT molecular complexity index is 635. The summed E-state index contributed by atoms with van der Waals surface area (Å²) in [4.78, 5) is 13.8. The number of anilines is 1. The zero-order chi connectivity index (χ0) is 14.5. The molecule has 2 aromatic rings. The summed E-state index contributed by atoms with van der Waals surface area (Å²) in [7, 11) is 3.75. The van der Waals surface area contributed by atoms with Crippen molar-refractivity contribution in [2.45, 2.75) is 0 Å². The molecule has 0 saturated heterocycles. The van der Waals surface area contributed by atoms with Gasteiger partial charge in [-0.3, -0.25) is 4.79 Å². The van der Waals surface area contributed by atoms with Gasteiger partial charge >= 0.3 is 0 Å². The first kappa shape index (κ1) is 14.8. The lowest BCUT2D eigenvalue weighted by Crippen LogP contribution is -2.20. The minimum Gasteiger partial charge on any atom is -0.364 e. The molecule has 104 valence electrons. The van der Waals surface area contributed by atoms with E-state index in [4.69, 9.17) is 12.2 Å². The number of amides is 1. The van der Waals surface area contributed by atoms with E-state index in [1.165, 1.54) is 11.8 Å². The molecule has 2 aromatic carbocycles. The van der Waals surface area contributed by atoms with Crippen LogP contribution >= 0.6 is 24.0 Å². The van der Waals surface area contributed by atoms with Crippen molar-refractivity contribution in [1.29, 1.82) is 0 Å². The first-order valence-electron chi connectivity index (χ1n) is 6.19. The van der Waals surface area contributed by atoms with Gasteiger partial charge in [-0.1, -0.05) is 60.4 Å². The average molecular weight is 304 g/mol. The van der Waals surface area contributed by atoms with Crippen molar-refractivity contribution in [3.63, 3.8) is 0 Å². The van der Waals surface area contributed by atoms with Crippen LogP contribution in [-0.4, -0.2) is 35.0 Å². The number of benzene rings is 2. The molecule has 2 rings (SSSR count). The maximum Gasteiger partial charge on any atom is 0.234 e. The van der Waals surface area contributed by atoms with Crippen LogP contribution in [0.1, 0.15) is 0 Å². The Kier molecular flexibility index (Phi) is 4.98. The van der Waals surface area contributed by atoms with Gasteiger partial charge in [-0.15, -0.1) is 0 Å². The fraction of sp³-hybridized carbons (Fsp3) is 0.200. The molecule has 0 bridgehead atoms. The minimum atomic E-state index is -0.0458. The van der Waals surface area contributed by atoms with Crippen LogP contribution in [0.3, 0.4) is 0 Å². The van der Waals surface area contributed by atoms with Gasteiger partial charge in [-0.25, -0.2) is 0 Å². The number of nitrogens with one attached hydrogen (secondary N) is 1. The summed E-state index contributed by atoms with van der Waals surface area (Å²) in [6.07, 6.45) is 0. The Labute approximate surface area is 128 Å². The van der Waals surface area contributed by atoms with E-state index in [1.807, 2.05) is 61.5 Å². The highest BCUT2D eigenvalue weighted by Gasteiger charge is 2.08. The molecule has 0 aliphatic carbocycles. The van der Waals surface area contributed by atoms with E-state index in [0.717, 1.165) is 16.5 Å². The van der Waals surface area contributed by atoms with Crippen LogP contribution in [0, 0.1) is 0 Å². The maximum absolute atomic E-state index is 12.0. The van der Waals surface area contributed by atoms with Crippen molar-refractivity contribution in [3.05, 3.63) is 42.5 Å². The molecule has 0 aromatic heterocycles. The number of carbonyl (C=O) groups is 1. The van der Waals surface area contributed by atoms with Gasteiger partial charge in [0.2, 0.25) is 5.91 Å². The summed E-state index contributed by atoms with van der Waals surface area (Å²) in [6, 6.07) is 13.9. The number of thiocarbonyl (C=S) groups is 1. The van der Waals surface area contributed by atoms with Gasteiger partial charge in [0.05, 0.1) is 5.75 Å². The summed E-state index contributed by atoms with van der Waals surface area (Å²) in [5.74, 6) is 0.274. The summed E-state index contributed by atoms with van der Waals surface area (Å²) >= 11 is 6.51. The number of carbonyl (C=O) groups excluding carboxylic acids is 1. The lowest BCUT2D eigenvalue weighted by molar-refractivity contribution is -0.113. The van der Waals surface area contributed by atoms with Gasteiger partial charge in [0, 0.05) is 25.2 Å². The van der Waals surface area contributed by atoms with Crippen LogP contribution in [0.4, 0.5) is 5.69 Å². The van der Waals surface area contributed by atoms with Crippen molar-refractivity contribution < 1.29 is 4.79 Å². The van der Waals surface area contributed by atoms with Crippen LogP contribution in [-0.2, 0) is 4.79 Å². The average Bonchev–Trinajstić information content (AvgIpc) is 2.45. The molecule has 0 saturated carbocycles. The van der Waals surface area contributed by atoms with Crippen LogP contribution in [0.15, 0.2) is 42.5 Å². The third-order valence-electron chi connectivity index (χ3n) is 2.76. The molecule has 0 unspecified atom stereocenters. The Balaban J connectivity index is 2.05. The number of nitrogens with zero attached hydrogens (tertiary/aromatic N) is 1. The SMILES string of the molecule is CN(C)C(=S)SCC(=O)Nc1cccc2ccccc12. The number of rotatable bonds is 3. The monoisotopic (exact) mass is 304 g/mol. The second kappa shape index (κ2) is 6.72. The number of hydrogen-bond acceptors (Lipinski definition) is 3. The number of thioether (sulfide) groups is 1. The molecular formula is C15H16N2OS2. The molecular weight excluding hydrogens is 288 g/mol. The number of hydrogen-bond donors (Lipinski definition) is 1. The molecule has 5 heteroatoms. The van der Waals surface area contributed by atoms with E-state index in [2.05, 4.69) is 5.32 Å². The maximum atomic E-state index is 12.0. The molecule has 0 spiro atoms. The Morgan fingerprint density at radius 3 is 2.65 bits per heavy atom. The van der Waals surface area contributed by atoms with Gasteiger partial charge in [0.25, 0.3) is 0 Å². The normalized spacial score (nSPS) is 10.3. The van der Waals surface area contributed by atoms with Crippen LogP contribution in [0.25, 0.3) is 10.8 Å². The summed E-state index contributed by atoms with van der Waals surface area (Å²) in [5.41, 5.74) is 0.837. The van der Waals surface area contributed by atoms with Crippen molar-refractivity contribution in [2.24, 2.45) is 0 Å². The van der Waals surface area contributed by atoms with Gasteiger partial charge in [-0.2, -0.15) is 0 Å². The van der Waals surface area contributed by atoms with Gasteiger partial charge in [-0.05, 0) is 11.5 Å². The van der Waals surface area contributed by atoms with Crippen molar-refractivity contribution in [1.82, 2.24) is 4.90 Å². The van der Waals surface area contributed by atoms with E-state index in [0.29, 0.717) is 10.1 Å². The quantitative estimate of drug-likeness (QED) is 0.881. The minimum absolute atomic E-state index is 0.0458. The van der Waals surface area contributed by atoms with Crippen LogP contribution < -0.4 is 5.32 Å². The molecule has 0 atom stereocenters. The molecule has 0 aliphatic rings. The molecule has 0 radical (unpaired) electrons. The first-order chi connectivity index (χ1) is 9.58. The van der Waals surface area contributed by atoms with E-state index in [9.17, 15) is 4.79 Å². The standard InChI is InChI=1S/C15H16N2OS2/c1-17(2)15(19)20-10-14(18)16-13-9-5-7-11-6-3-4-8-12(11)13/h3-9H,10H2,1-2H3,(H,16,18). The lowest BCUT2D eigenvalue weighted by Gasteiger charge is -2.13. The second-order valence-corrected chi connectivity index (χ2v) is 6.13. The van der Waals surface area contributed by atoms with E-state index >= 15 is 0 Å². The Morgan fingerprint density at radius 1 is 1.20 bits per heavy atom. The lowest BCUT2D eigenvalue weighted by atomic mass is 10.1. The van der Waals surface area contributed by atoms with Gasteiger partial charge in [0.1, 0.15) is 4.32 Å². The van der Waals surface area contributed by atoms with E-state index in [1.54, 1.807) is 0 Å². The number of fused-ring (bicyclic) bond motifs is 1. The zero-order valence-corrected chi connectivity index (χ0v) is 13.1. The Hall–Kier alpha value is -1.59. The third kappa shape index (κ3) is 3.71. The summed E-state index contributed by atoms with van der Waals surface area (Å²) in [6.45, 7) is 0. The van der Waals surface area contributed by atoms with Crippen molar-refractivity contribution >= 4 is 50.7 Å². The Morgan fingerprint density at radius 2 is 1.90 bits per heavy atom. The van der Waals surface area contributed by atoms with Crippen molar-refractivity contribution in [2.75, 3.05) is 25.2 Å². The van der Waals surface area contributed by atoms with Crippen molar-refractivity contribution in [3.8, 4) is 0 Å². The van der Waals surface area contributed by atoms with Gasteiger partial charge < -0.3 is 10.2 Å². The van der Waals surface area contributed by atoms with Gasteiger partial charge in [0.15, 0.2) is 0 Å². The summed E-state index contributed by atoms with van der Waals surface area (Å²) < 4.78 is 0.707. The molecule has 3 nitrogen and oxygen atoms in total. The highest BCUT2D eigenvalue weighted by atomic mass is 32.2.